The van der Waals surface area contributed by atoms with Crippen molar-refractivity contribution in [1.29, 1.82) is 0 Å². The van der Waals surface area contributed by atoms with Gasteiger partial charge >= 0.3 is 0 Å². The van der Waals surface area contributed by atoms with Gasteiger partial charge in [-0.05, 0) is 48.2 Å². The molecule has 0 aliphatic heterocycles. The Morgan fingerprint density at radius 3 is 1.48 bits per heavy atom. The Bertz CT molecular complexity index is 1510. The second kappa shape index (κ2) is 21.9. The molecule has 54 heavy (non-hydrogen) atoms. The van der Waals surface area contributed by atoms with Gasteiger partial charge in [0.15, 0.2) is 0 Å². The van der Waals surface area contributed by atoms with Gasteiger partial charge in [-0.2, -0.15) is 0 Å². The predicted molar refractivity (Wildman–Crippen MR) is 174 cm³/mol. The van der Waals surface area contributed by atoms with E-state index >= 15 is 0 Å². The van der Waals surface area contributed by atoms with Crippen molar-refractivity contribution >= 4 is 37.7 Å². The summed E-state index contributed by atoms with van der Waals surface area (Å²) in [7, 11) is -2.10. The lowest BCUT2D eigenvalue weighted by Gasteiger charge is -2.37. The van der Waals surface area contributed by atoms with Gasteiger partial charge in [-0.25, -0.2) is 0 Å². The second-order valence-corrected chi connectivity index (χ2v) is 13.7. The number of benzene rings is 2. The first-order valence-electron chi connectivity index (χ1n) is 16.4. The van der Waals surface area contributed by atoms with Crippen LogP contribution in [0.1, 0.15) is 30.9 Å². The number of hydrogen-bond acceptors (Lipinski definition) is 19. The van der Waals surface area contributed by atoms with Crippen molar-refractivity contribution < 1.29 is 77.5 Å². The quantitative estimate of drug-likeness (QED) is 0.0574. The van der Waals surface area contributed by atoms with E-state index in [1.165, 1.54) is 14.2 Å². The number of ether oxygens (including phenoxy) is 2. The van der Waals surface area contributed by atoms with E-state index in [-0.39, 0.29) is 13.0 Å². The fourth-order valence-electron chi connectivity index (χ4n) is 5.69. The number of carbonyl (C=O) groups is 5. The smallest absolute Gasteiger partial charge is 0.267 e. The van der Waals surface area contributed by atoms with Crippen LogP contribution in [-0.2, 0) is 43.0 Å². The zero-order chi connectivity index (χ0) is 40.5. The van der Waals surface area contributed by atoms with E-state index in [0.29, 0.717) is 22.8 Å². The highest BCUT2D eigenvalue weighted by Crippen LogP contribution is 2.41. The summed E-state index contributed by atoms with van der Waals surface area (Å²) >= 11 is 0. The van der Waals surface area contributed by atoms with Gasteiger partial charge < -0.3 is 72.9 Å². The Morgan fingerprint density at radius 1 is 0.667 bits per heavy atom. The highest BCUT2D eigenvalue weighted by molar-refractivity contribution is 7.45. The predicted octanol–water partition coefficient (Wildman–Crippen LogP) is -5.68. The Balaban J connectivity index is 2.24. The van der Waals surface area contributed by atoms with E-state index in [1.54, 1.807) is 24.3 Å². The first kappa shape index (κ1) is 45.5. The Morgan fingerprint density at radius 2 is 1.07 bits per heavy atom. The van der Waals surface area contributed by atoms with Crippen molar-refractivity contribution in [2.45, 2.75) is 31.2 Å². The minimum Gasteiger partial charge on any atom is -0.756 e. The van der Waals surface area contributed by atoms with Crippen molar-refractivity contribution in [3.05, 3.63) is 59.7 Å². The topological polar surface area (TPSA) is 287 Å². The molecule has 0 amide bonds. The van der Waals surface area contributed by atoms with Crippen LogP contribution in [0.2, 0.25) is 0 Å². The van der Waals surface area contributed by atoms with Crippen LogP contribution in [0.25, 0.3) is 0 Å². The number of carbonyl (C=O) groups excluding carboxylic acids is 5. The summed E-state index contributed by atoms with van der Waals surface area (Å²) in [6.45, 7) is -5.56. The summed E-state index contributed by atoms with van der Waals surface area (Å²) in [6, 6.07) is 13.2. The minimum absolute atomic E-state index is 0.183. The molecule has 0 aliphatic rings. The van der Waals surface area contributed by atoms with E-state index in [4.69, 9.17) is 18.5 Å². The van der Waals surface area contributed by atoms with Crippen molar-refractivity contribution in [3.63, 3.8) is 0 Å². The van der Waals surface area contributed by atoms with Gasteiger partial charge in [-0.3, -0.25) is 19.3 Å². The molecule has 2 aromatic carbocycles. The monoisotopic (exact) mass is 779 g/mol. The number of phosphoric ester groups is 1. The molecule has 20 heteroatoms. The van der Waals surface area contributed by atoms with E-state index in [9.17, 15) is 59.0 Å². The van der Waals surface area contributed by atoms with Crippen LogP contribution in [0.4, 0.5) is 0 Å². The van der Waals surface area contributed by atoms with E-state index in [2.05, 4.69) is 0 Å². The molecule has 0 N–H and O–H groups in total. The van der Waals surface area contributed by atoms with Gasteiger partial charge in [0.1, 0.15) is 11.5 Å². The van der Waals surface area contributed by atoms with Crippen LogP contribution in [0.15, 0.2) is 48.5 Å². The molecule has 19 nitrogen and oxygen atoms in total. The fraction of sp³-hybridized carbons (Fsp3) is 0.500. The van der Waals surface area contributed by atoms with Crippen molar-refractivity contribution in [3.8, 4) is 11.5 Å². The summed E-state index contributed by atoms with van der Waals surface area (Å²) in [4.78, 5) is 72.2. The lowest BCUT2D eigenvalue weighted by Crippen LogP contribution is -2.55. The first-order chi connectivity index (χ1) is 25.4. The summed E-state index contributed by atoms with van der Waals surface area (Å²) in [5.74, 6) is -7.27. The standard InChI is InChI=1S/C34H48N3O16P/c1-34(24-5-9-27(50-2)10-6-24,25-7-11-28(51-3)12-8-25)13-4-16-52-54(48,49)53-23-26(37(21-32(44)45)22-33(46)47)17-35(18-29(38)39)14-15-36(19-30(40)41)20-31(42)43/h5-12,26H,4,13-23H2,1-3H3,(H,38,39)(H,40,41)(H,42,43)(H,44,45)(H,46,47)(H,48,49)/p-6. The van der Waals surface area contributed by atoms with Gasteiger partial charge in [0.05, 0.1) is 57.3 Å². The number of aliphatic carboxylic acids is 5. The molecule has 0 heterocycles. The Kier molecular flexibility index (Phi) is 18.5. The van der Waals surface area contributed by atoms with Crippen LogP contribution in [-0.4, -0.2) is 130 Å². The summed E-state index contributed by atoms with van der Waals surface area (Å²) < 4.78 is 33.6. The lowest BCUT2D eigenvalue weighted by molar-refractivity contribution is -0.313. The highest BCUT2D eigenvalue weighted by Gasteiger charge is 2.30. The van der Waals surface area contributed by atoms with Crippen LogP contribution in [0, 0.1) is 0 Å². The first-order valence-corrected chi connectivity index (χ1v) is 17.9. The maximum Gasteiger partial charge on any atom is 0.267 e. The molecule has 0 aromatic heterocycles. The normalized spacial score (nSPS) is 13.4. The Labute approximate surface area is 311 Å². The average Bonchev–Trinajstić information content (AvgIpc) is 3.09. The molecule has 0 bridgehead atoms. The molecule has 2 atom stereocenters. The molecule has 0 radical (unpaired) electrons. The summed E-state index contributed by atoms with van der Waals surface area (Å²) in [5.41, 5.74) is 1.14. The van der Waals surface area contributed by atoms with Gasteiger partial charge in [-0.15, -0.1) is 0 Å². The second-order valence-electron chi connectivity index (χ2n) is 12.3. The van der Waals surface area contributed by atoms with Gasteiger partial charge in [0, 0.05) is 63.8 Å². The third-order valence-corrected chi connectivity index (χ3v) is 9.35. The SMILES string of the molecule is COc1ccc(C(C)(CCCOP(=O)([O-])OCC(CN(CCN(CC(=O)[O-])CC(=O)[O-])CC(=O)[O-])N(CC(=O)[O-])CC(=O)[O-])c2ccc(OC)cc2)cc1. The van der Waals surface area contributed by atoms with Crippen LogP contribution in [0.5, 0.6) is 11.5 Å². The maximum absolute atomic E-state index is 12.9. The summed E-state index contributed by atoms with van der Waals surface area (Å²) in [6.07, 6.45) is 0.563. The number of hydrogen-bond donors (Lipinski definition) is 0. The number of methoxy groups -OCH3 is 2. The Hall–Kier alpha value is -4.62. The van der Waals surface area contributed by atoms with Crippen LogP contribution >= 0.6 is 7.82 Å². The number of rotatable bonds is 28. The molecule has 2 unspecified atom stereocenters. The molecule has 0 aliphatic carbocycles. The number of phosphoric acid groups is 1. The number of carboxylic acid groups (broad SMARTS) is 5. The zero-order valence-corrected chi connectivity index (χ0v) is 30.9. The maximum atomic E-state index is 12.9. The molecule has 0 saturated carbocycles. The van der Waals surface area contributed by atoms with Gasteiger partial charge in [-0.1, -0.05) is 31.2 Å². The molecule has 0 saturated heterocycles. The minimum atomic E-state index is -5.17. The molecule has 0 spiro atoms. The van der Waals surface area contributed by atoms with Crippen molar-refractivity contribution in [2.75, 3.05) is 79.8 Å². The van der Waals surface area contributed by atoms with Crippen LogP contribution < -0.4 is 39.9 Å². The summed E-state index contributed by atoms with van der Waals surface area (Å²) in [5, 5.41) is 56.7. The molecule has 300 valence electrons. The third kappa shape index (κ3) is 16.2. The zero-order valence-electron chi connectivity index (χ0n) is 30.0. The fourth-order valence-corrected chi connectivity index (χ4v) is 6.47. The third-order valence-electron chi connectivity index (χ3n) is 8.39. The van der Waals surface area contributed by atoms with Crippen LogP contribution in [0.3, 0.4) is 0 Å². The molecule has 2 rings (SSSR count). The van der Waals surface area contributed by atoms with Crippen molar-refractivity contribution in [1.82, 2.24) is 14.7 Å². The lowest BCUT2D eigenvalue weighted by atomic mass is 9.73. The van der Waals surface area contributed by atoms with Crippen molar-refractivity contribution in [2.24, 2.45) is 0 Å². The largest absolute Gasteiger partial charge is 0.756 e. The van der Waals surface area contributed by atoms with E-state index in [1.807, 2.05) is 31.2 Å². The molecule has 2 aromatic rings. The molecular formula is C34H42N3O16P-6. The van der Waals surface area contributed by atoms with E-state index in [0.717, 1.165) is 20.9 Å². The van der Waals surface area contributed by atoms with E-state index < -0.39 is 108 Å². The highest BCUT2D eigenvalue weighted by atomic mass is 31.2. The number of carboxylic acids is 5. The molecule has 0 fully saturated rings. The molecular weight excluding hydrogens is 737 g/mol. The van der Waals surface area contributed by atoms with Gasteiger partial charge in [0.25, 0.3) is 7.82 Å². The number of nitrogens with zero attached hydrogens (tertiary/aromatic N) is 3. The van der Waals surface area contributed by atoms with Gasteiger partial charge in [0.2, 0.25) is 0 Å². The average molecular weight is 780 g/mol.